The van der Waals surface area contributed by atoms with Crippen LogP contribution in [-0.4, -0.2) is 25.5 Å². The zero-order valence-corrected chi connectivity index (χ0v) is 18.3. The van der Waals surface area contributed by atoms with Crippen LogP contribution in [0.5, 0.6) is 5.75 Å². The first-order chi connectivity index (χ1) is 15.0. The highest BCUT2D eigenvalue weighted by molar-refractivity contribution is 9.10. The normalized spacial score (nSPS) is 10.8. The van der Waals surface area contributed by atoms with E-state index in [1.54, 1.807) is 23.1 Å². The van der Waals surface area contributed by atoms with E-state index in [1.807, 2.05) is 24.3 Å². The second kappa shape index (κ2) is 9.32. The summed E-state index contributed by atoms with van der Waals surface area (Å²) < 4.78 is 22.2. The second-order valence-electron chi connectivity index (χ2n) is 6.54. The predicted molar refractivity (Wildman–Crippen MR) is 118 cm³/mol. The molecule has 0 unspecified atom stereocenters. The van der Waals surface area contributed by atoms with E-state index in [4.69, 9.17) is 16.3 Å². The van der Waals surface area contributed by atoms with Crippen LogP contribution < -0.4 is 10.1 Å². The number of nitrogens with one attached hydrogen (secondary N) is 1. The Kier molecular flexibility index (Phi) is 6.34. The molecule has 0 saturated carbocycles. The highest BCUT2D eigenvalue weighted by Crippen LogP contribution is 2.23. The van der Waals surface area contributed by atoms with E-state index in [9.17, 15) is 9.18 Å². The number of halogens is 3. The van der Waals surface area contributed by atoms with Crippen LogP contribution >= 0.6 is 27.5 Å². The summed E-state index contributed by atoms with van der Waals surface area (Å²) in [5, 5.41) is 12.0. The Labute approximate surface area is 190 Å². The third kappa shape index (κ3) is 5.31. The van der Waals surface area contributed by atoms with Gasteiger partial charge in [-0.2, -0.15) is 10.2 Å². The van der Waals surface area contributed by atoms with Crippen molar-refractivity contribution in [3.63, 3.8) is 0 Å². The third-order valence-corrected chi connectivity index (χ3v) is 5.24. The van der Waals surface area contributed by atoms with E-state index < -0.39 is 5.91 Å². The summed E-state index contributed by atoms with van der Waals surface area (Å²) in [6.45, 7) is 0.540. The van der Waals surface area contributed by atoms with Crippen LogP contribution in [0.3, 0.4) is 0 Å². The molecule has 0 fully saturated rings. The van der Waals surface area contributed by atoms with Gasteiger partial charge in [-0.3, -0.25) is 9.48 Å². The lowest BCUT2D eigenvalue weighted by atomic mass is 10.2. The number of anilines is 1. The first-order valence-corrected chi connectivity index (χ1v) is 10.3. The van der Waals surface area contributed by atoms with E-state index in [0.717, 1.165) is 5.56 Å². The minimum Gasteiger partial charge on any atom is -0.471 e. The van der Waals surface area contributed by atoms with Gasteiger partial charge < -0.3 is 10.1 Å². The van der Waals surface area contributed by atoms with Gasteiger partial charge in [-0.15, -0.1) is 0 Å². The number of nitrogens with zero attached hydrogens (tertiary/aromatic N) is 4. The molecular weight excluding hydrogens is 489 g/mol. The Morgan fingerprint density at radius 2 is 1.87 bits per heavy atom. The van der Waals surface area contributed by atoms with Gasteiger partial charge in [-0.25, -0.2) is 9.07 Å². The molecule has 158 valence electrons. The molecule has 0 aliphatic heterocycles. The minimum atomic E-state index is -0.413. The summed E-state index contributed by atoms with van der Waals surface area (Å²) in [6.07, 6.45) is 3.37. The molecule has 1 amide bonds. The van der Waals surface area contributed by atoms with Crippen molar-refractivity contribution in [1.82, 2.24) is 19.6 Å². The smallest absolute Gasteiger partial charge is 0.277 e. The summed E-state index contributed by atoms with van der Waals surface area (Å²) in [5.41, 5.74) is 1.12. The summed E-state index contributed by atoms with van der Waals surface area (Å²) in [7, 11) is 0. The molecule has 0 aliphatic carbocycles. The van der Waals surface area contributed by atoms with Crippen LogP contribution in [0.4, 0.5) is 10.2 Å². The van der Waals surface area contributed by atoms with Gasteiger partial charge in [-0.1, -0.05) is 29.8 Å². The maximum Gasteiger partial charge on any atom is 0.277 e. The van der Waals surface area contributed by atoms with E-state index in [-0.39, 0.29) is 18.2 Å². The summed E-state index contributed by atoms with van der Waals surface area (Å²) in [4.78, 5) is 12.6. The van der Waals surface area contributed by atoms with Gasteiger partial charge in [0.1, 0.15) is 11.6 Å². The molecule has 0 bridgehead atoms. The van der Waals surface area contributed by atoms with Crippen LogP contribution in [0.25, 0.3) is 0 Å². The molecule has 0 radical (unpaired) electrons. The maximum atomic E-state index is 12.9. The SMILES string of the molecule is O=C(Nc1nn(Cc2ccccc2Cl)cc1Br)c1ccn(COc2ccc(F)cc2)n1. The fourth-order valence-corrected chi connectivity index (χ4v) is 3.37. The second-order valence-corrected chi connectivity index (χ2v) is 7.80. The van der Waals surface area contributed by atoms with Gasteiger partial charge in [0.05, 0.1) is 11.0 Å². The number of benzene rings is 2. The number of hydrogen-bond acceptors (Lipinski definition) is 4. The molecule has 0 atom stereocenters. The van der Waals surface area contributed by atoms with Gasteiger partial charge in [0.2, 0.25) is 0 Å². The number of carbonyl (C=O) groups is 1. The standard InChI is InChI=1S/C21H16BrClFN5O2/c22-17-12-29(11-14-3-1-2-4-18(14)23)27-20(17)25-21(30)19-9-10-28(26-19)13-31-16-7-5-15(24)6-8-16/h1-10,12H,11,13H2,(H,25,27,30). The number of rotatable bonds is 7. The molecule has 2 aromatic heterocycles. The molecule has 0 saturated heterocycles. The molecule has 4 aromatic rings. The molecule has 31 heavy (non-hydrogen) atoms. The minimum absolute atomic E-state index is 0.0784. The fraction of sp³-hybridized carbons (Fsp3) is 0.0952. The Bertz CT molecular complexity index is 1210. The van der Waals surface area contributed by atoms with Crippen LogP contribution in [0, 0.1) is 5.82 Å². The maximum absolute atomic E-state index is 12.9. The monoisotopic (exact) mass is 503 g/mol. The number of carbonyl (C=O) groups excluding carboxylic acids is 1. The number of ether oxygens (including phenoxy) is 1. The largest absolute Gasteiger partial charge is 0.471 e. The summed E-state index contributed by atoms with van der Waals surface area (Å²) in [6, 6.07) is 14.7. The number of hydrogen-bond donors (Lipinski definition) is 1. The van der Waals surface area contributed by atoms with Crippen molar-refractivity contribution in [2.75, 3.05) is 5.32 Å². The quantitative estimate of drug-likeness (QED) is 0.386. The van der Waals surface area contributed by atoms with Crippen molar-refractivity contribution < 1.29 is 13.9 Å². The van der Waals surface area contributed by atoms with Gasteiger partial charge in [0.15, 0.2) is 18.2 Å². The molecule has 4 rings (SSSR count). The molecule has 2 aromatic carbocycles. The zero-order chi connectivity index (χ0) is 21.8. The number of aromatic nitrogens is 4. The molecule has 0 aliphatic rings. The summed E-state index contributed by atoms with van der Waals surface area (Å²) in [5.74, 6) is 0.111. The predicted octanol–water partition coefficient (Wildman–Crippen LogP) is 4.97. The topological polar surface area (TPSA) is 74.0 Å². The van der Waals surface area contributed by atoms with Crippen LogP contribution in [0.2, 0.25) is 5.02 Å². The Balaban J connectivity index is 1.38. The van der Waals surface area contributed by atoms with Crippen molar-refractivity contribution in [2.45, 2.75) is 13.3 Å². The van der Waals surface area contributed by atoms with E-state index in [0.29, 0.717) is 27.6 Å². The van der Waals surface area contributed by atoms with Gasteiger partial charge in [0.25, 0.3) is 5.91 Å². The van der Waals surface area contributed by atoms with Gasteiger partial charge >= 0.3 is 0 Å². The lowest BCUT2D eigenvalue weighted by Crippen LogP contribution is -2.15. The van der Waals surface area contributed by atoms with Crippen LogP contribution in [0.15, 0.2) is 71.5 Å². The Hall–Kier alpha value is -3.17. The van der Waals surface area contributed by atoms with E-state index in [1.165, 1.54) is 28.9 Å². The van der Waals surface area contributed by atoms with Gasteiger partial charge in [-0.05, 0) is 57.9 Å². The first-order valence-electron chi connectivity index (χ1n) is 9.17. The average Bonchev–Trinajstić information content (AvgIpc) is 3.36. The van der Waals surface area contributed by atoms with Crippen LogP contribution in [-0.2, 0) is 13.3 Å². The lowest BCUT2D eigenvalue weighted by molar-refractivity contribution is 0.101. The molecular formula is C21H16BrClFN5O2. The number of amides is 1. The highest BCUT2D eigenvalue weighted by Gasteiger charge is 2.15. The van der Waals surface area contributed by atoms with Gasteiger partial charge in [0, 0.05) is 17.4 Å². The van der Waals surface area contributed by atoms with Crippen molar-refractivity contribution in [3.8, 4) is 5.75 Å². The van der Waals surface area contributed by atoms with Crippen molar-refractivity contribution in [2.24, 2.45) is 0 Å². The fourth-order valence-electron chi connectivity index (χ4n) is 2.76. The third-order valence-electron chi connectivity index (χ3n) is 4.29. The molecule has 10 heteroatoms. The molecule has 0 spiro atoms. The lowest BCUT2D eigenvalue weighted by Gasteiger charge is -2.06. The summed E-state index contributed by atoms with van der Waals surface area (Å²) >= 11 is 9.61. The zero-order valence-electron chi connectivity index (χ0n) is 16.0. The van der Waals surface area contributed by atoms with Crippen molar-refractivity contribution >= 4 is 39.3 Å². The first kappa shape index (κ1) is 21.1. The average molecular weight is 505 g/mol. The highest BCUT2D eigenvalue weighted by atomic mass is 79.9. The Morgan fingerprint density at radius 1 is 1.10 bits per heavy atom. The molecule has 2 heterocycles. The van der Waals surface area contributed by atoms with Crippen molar-refractivity contribution in [3.05, 3.63) is 93.6 Å². The molecule has 1 N–H and O–H groups in total. The van der Waals surface area contributed by atoms with E-state index >= 15 is 0 Å². The van der Waals surface area contributed by atoms with E-state index in [2.05, 4.69) is 31.4 Å². The Morgan fingerprint density at radius 3 is 2.65 bits per heavy atom. The van der Waals surface area contributed by atoms with Crippen LogP contribution in [0.1, 0.15) is 16.1 Å². The van der Waals surface area contributed by atoms with Crippen molar-refractivity contribution in [1.29, 1.82) is 0 Å². The molecule has 7 nitrogen and oxygen atoms in total.